The Morgan fingerprint density at radius 1 is 1.35 bits per heavy atom. The van der Waals surface area contributed by atoms with Crippen LogP contribution in [-0.4, -0.2) is 16.2 Å². The first-order chi connectivity index (χ1) is 9.79. The molecule has 2 heterocycles. The summed E-state index contributed by atoms with van der Waals surface area (Å²) >= 11 is 3.48. The Labute approximate surface area is 124 Å². The molecule has 102 valence electrons. The van der Waals surface area contributed by atoms with Crippen molar-refractivity contribution in [2.45, 2.75) is 25.4 Å². The molecule has 4 rings (SSSR count). The van der Waals surface area contributed by atoms with Crippen molar-refractivity contribution >= 4 is 26.9 Å². The largest absolute Gasteiger partial charge is 0.454 e. The first-order valence-corrected chi connectivity index (χ1v) is 7.54. The lowest BCUT2D eigenvalue weighted by Crippen LogP contribution is -2.15. The number of aromatic nitrogens is 2. The standard InChI is InChI=1S/C15H14BrN3O/c16-11-1-4-13-9(5-11)6-14(20-13)15-10(8-18-19-15)7-17-12-2-3-12/h1,4-6,8,12,17H,2-3,7H2,(H,18,19). The number of H-pyrrole nitrogens is 1. The highest BCUT2D eigenvalue weighted by Crippen LogP contribution is 2.30. The molecule has 0 bridgehead atoms. The molecular weight excluding hydrogens is 318 g/mol. The van der Waals surface area contributed by atoms with E-state index in [0.717, 1.165) is 39.0 Å². The lowest BCUT2D eigenvalue weighted by atomic mass is 10.2. The van der Waals surface area contributed by atoms with Crippen molar-refractivity contribution in [1.29, 1.82) is 0 Å². The molecule has 2 aromatic heterocycles. The predicted octanol–water partition coefficient (Wildman–Crippen LogP) is 3.84. The third-order valence-electron chi connectivity index (χ3n) is 3.60. The van der Waals surface area contributed by atoms with Gasteiger partial charge in [0.25, 0.3) is 0 Å². The van der Waals surface area contributed by atoms with Crippen LogP contribution < -0.4 is 5.32 Å². The smallest absolute Gasteiger partial charge is 0.153 e. The summed E-state index contributed by atoms with van der Waals surface area (Å²) in [5.74, 6) is 0.836. The van der Waals surface area contributed by atoms with Gasteiger partial charge in [0.2, 0.25) is 0 Å². The summed E-state index contributed by atoms with van der Waals surface area (Å²) in [5, 5.41) is 11.8. The summed E-state index contributed by atoms with van der Waals surface area (Å²) in [6.45, 7) is 0.831. The second kappa shape index (κ2) is 4.75. The van der Waals surface area contributed by atoms with Gasteiger partial charge in [-0.25, -0.2) is 0 Å². The lowest BCUT2D eigenvalue weighted by molar-refractivity contribution is 0.624. The number of halogens is 1. The summed E-state index contributed by atoms with van der Waals surface area (Å²) in [6.07, 6.45) is 4.44. The van der Waals surface area contributed by atoms with Crippen LogP contribution in [0.2, 0.25) is 0 Å². The van der Waals surface area contributed by atoms with Crippen molar-refractivity contribution in [3.63, 3.8) is 0 Å². The maximum Gasteiger partial charge on any atom is 0.153 e. The molecular formula is C15H14BrN3O. The number of nitrogens with zero attached hydrogens (tertiary/aromatic N) is 1. The van der Waals surface area contributed by atoms with Crippen LogP contribution in [0.1, 0.15) is 18.4 Å². The molecule has 3 aromatic rings. The Kier molecular flexibility index (Phi) is 2.89. The average Bonchev–Trinajstić information content (AvgIpc) is 2.99. The zero-order valence-electron chi connectivity index (χ0n) is 10.8. The zero-order chi connectivity index (χ0) is 13.5. The van der Waals surface area contributed by atoms with Gasteiger partial charge in [0.05, 0.1) is 6.20 Å². The number of aromatic amines is 1. The molecule has 5 heteroatoms. The van der Waals surface area contributed by atoms with Crippen molar-refractivity contribution in [2.24, 2.45) is 0 Å². The van der Waals surface area contributed by atoms with Crippen LogP contribution in [0.4, 0.5) is 0 Å². The Morgan fingerprint density at radius 2 is 2.25 bits per heavy atom. The van der Waals surface area contributed by atoms with Crippen molar-refractivity contribution in [3.05, 3.63) is 40.5 Å². The van der Waals surface area contributed by atoms with Crippen LogP contribution in [0.25, 0.3) is 22.4 Å². The summed E-state index contributed by atoms with van der Waals surface area (Å²) in [7, 11) is 0. The summed E-state index contributed by atoms with van der Waals surface area (Å²) in [4.78, 5) is 0. The zero-order valence-corrected chi connectivity index (χ0v) is 12.4. The normalized spacial score (nSPS) is 15.1. The van der Waals surface area contributed by atoms with Gasteiger partial charge in [-0.15, -0.1) is 0 Å². The Hall–Kier alpha value is -1.59. The fourth-order valence-electron chi connectivity index (χ4n) is 2.34. The van der Waals surface area contributed by atoms with Gasteiger partial charge in [-0.2, -0.15) is 5.10 Å². The number of hydrogen-bond acceptors (Lipinski definition) is 3. The molecule has 1 fully saturated rings. The molecule has 20 heavy (non-hydrogen) atoms. The quantitative estimate of drug-likeness (QED) is 0.763. The van der Waals surface area contributed by atoms with Gasteiger partial charge in [-0.3, -0.25) is 5.10 Å². The summed E-state index contributed by atoms with van der Waals surface area (Å²) < 4.78 is 6.96. The average molecular weight is 332 g/mol. The Balaban J connectivity index is 1.69. The molecule has 1 aliphatic rings. The highest BCUT2D eigenvalue weighted by atomic mass is 79.9. The number of nitrogens with one attached hydrogen (secondary N) is 2. The Morgan fingerprint density at radius 3 is 3.10 bits per heavy atom. The first kappa shape index (κ1) is 12.2. The summed E-state index contributed by atoms with van der Waals surface area (Å²) in [6, 6.07) is 8.75. The Bertz CT molecular complexity index is 757. The fourth-order valence-corrected chi connectivity index (χ4v) is 2.72. The minimum atomic E-state index is 0.685. The van der Waals surface area contributed by atoms with E-state index >= 15 is 0 Å². The first-order valence-electron chi connectivity index (χ1n) is 6.75. The summed E-state index contributed by atoms with van der Waals surface area (Å²) in [5.41, 5.74) is 3.00. The molecule has 4 nitrogen and oxygen atoms in total. The van der Waals surface area contributed by atoms with Crippen LogP contribution in [0.15, 0.2) is 39.4 Å². The third-order valence-corrected chi connectivity index (χ3v) is 4.09. The van der Waals surface area contributed by atoms with Crippen molar-refractivity contribution in [1.82, 2.24) is 15.5 Å². The van der Waals surface area contributed by atoms with Crippen molar-refractivity contribution in [3.8, 4) is 11.5 Å². The number of benzene rings is 1. The van der Waals surface area contributed by atoms with Crippen LogP contribution in [0.3, 0.4) is 0 Å². The van der Waals surface area contributed by atoms with Gasteiger partial charge in [0.15, 0.2) is 5.76 Å². The number of fused-ring (bicyclic) bond motifs is 1. The van der Waals surface area contributed by atoms with Gasteiger partial charge in [0, 0.05) is 28.0 Å². The number of rotatable bonds is 4. The van der Waals surface area contributed by atoms with Gasteiger partial charge in [-0.05, 0) is 37.1 Å². The molecule has 0 aliphatic heterocycles. The number of furan rings is 1. The number of hydrogen-bond donors (Lipinski definition) is 2. The van der Waals surface area contributed by atoms with Gasteiger partial charge >= 0.3 is 0 Å². The molecule has 1 aromatic carbocycles. The highest BCUT2D eigenvalue weighted by Gasteiger charge is 2.21. The van der Waals surface area contributed by atoms with E-state index in [9.17, 15) is 0 Å². The maximum atomic E-state index is 5.91. The monoisotopic (exact) mass is 331 g/mol. The lowest BCUT2D eigenvalue weighted by Gasteiger charge is -2.01. The molecule has 0 amide bonds. The van der Waals surface area contributed by atoms with Gasteiger partial charge in [0.1, 0.15) is 11.3 Å². The van der Waals surface area contributed by atoms with E-state index in [1.165, 1.54) is 12.8 Å². The highest BCUT2D eigenvalue weighted by molar-refractivity contribution is 9.10. The van der Waals surface area contributed by atoms with E-state index in [1.807, 2.05) is 24.4 Å². The maximum absolute atomic E-state index is 5.91. The molecule has 1 aliphatic carbocycles. The topological polar surface area (TPSA) is 53.9 Å². The molecule has 0 radical (unpaired) electrons. The predicted molar refractivity (Wildman–Crippen MR) is 81.4 cm³/mol. The minimum absolute atomic E-state index is 0.685. The van der Waals surface area contributed by atoms with E-state index in [4.69, 9.17) is 4.42 Å². The van der Waals surface area contributed by atoms with E-state index in [0.29, 0.717) is 6.04 Å². The minimum Gasteiger partial charge on any atom is -0.454 e. The molecule has 0 unspecified atom stereocenters. The van der Waals surface area contributed by atoms with Gasteiger partial charge < -0.3 is 9.73 Å². The molecule has 0 spiro atoms. The van der Waals surface area contributed by atoms with E-state index < -0.39 is 0 Å². The molecule has 1 saturated carbocycles. The SMILES string of the molecule is Brc1ccc2oc(-c3[nH]ncc3CNC3CC3)cc2c1. The van der Waals surface area contributed by atoms with Crippen LogP contribution in [0.5, 0.6) is 0 Å². The molecule has 2 N–H and O–H groups in total. The van der Waals surface area contributed by atoms with Crippen LogP contribution in [-0.2, 0) is 6.54 Å². The second-order valence-corrected chi connectivity index (χ2v) is 6.13. The van der Waals surface area contributed by atoms with E-state index in [1.54, 1.807) is 0 Å². The van der Waals surface area contributed by atoms with E-state index in [2.05, 4.69) is 37.5 Å². The molecule has 0 atom stereocenters. The van der Waals surface area contributed by atoms with E-state index in [-0.39, 0.29) is 0 Å². The van der Waals surface area contributed by atoms with Crippen LogP contribution >= 0.6 is 15.9 Å². The second-order valence-electron chi connectivity index (χ2n) is 5.22. The van der Waals surface area contributed by atoms with Crippen molar-refractivity contribution < 1.29 is 4.42 Å². The fraction of sp³-hybridized carbons (Fsp3) is 0.267. The van der Waals surface area contributed by atoms with Crippen molar-refractivity contribution in [2.75, 3.05) is 0 Å². The van der Waals surface area contributed by atoms with Crippen LogP contribution in [0, 0.1) is 0 Å². The third kappa shape index (κ3) is 2.27. The van der Waals surface area contributed by atoms with Gasteiger partial charge in [-0.1, -0.05) is 15.9 Å². The molecule has 0 saturated heterocycles.